The van der Waals surface area contributed by atoms with Gasteiger partial charge in [0.25, 0.3) is 0 Å². The minimum Gasteiger partial charge on any atom is -0.496 e. The van der Waals surface area contributed by atoms with Gasteiger partial charge in [0.1, 0.15) is 5.75 Å². The van der Waals surface area contributed by atoms with Crippen molar-refractivity contribution in [3.63, 3.8) is 0 Å². The van der Waals surface area contributed by atoms with E-state index < -0.39 is 0 Å². The number of ether oxygens (including phenoxy) is 4. The number of hydrogen-bond donors (Lipinski definition) is 1. The van der Waals surface area contributed by atoms with Crippen LogP contribution < -0.4 is 10.5 Å². The molecule has 0 radical (unpaired) electrons. The Hall–Kier alpha value is -1.58. The lowest BCUT2D eigenvalue weighted by molar-refractivity contribution is 0.0196. The zero-order valence-electron chi connectivity index (χ0n) is 12.7. The van der Waals surface area contributed by atoms with Crippen LogP contribution in [0.1, 0.15) is 11.1 Å². The lowest BCUT2D eigenvalue weighted by Gasteiger charge is -2.10. The summed E-state index contributed by atoms with van der Waals surface area (Å²) in [6.45, 7) is 3.03. The molecule has 0 saturated heterocycles. The van der Waals surface area contributed by atoms with E-state index in [9.17, 15) is 0 Å². The molecule has 2 N–H and O–H groups in total. The monoisotopic (exact) mass is 293 g/mol. The van der Waals surface area contributed by atoms with Gasteiger partial charge in [0.15, 0.2) is 0 Å². The van der Waals surface area contributed by atoms with Crippen LogP contribution in [0.2, 0.25) is 0 Å². The molecular weight excluding hydrogens is 270 g/mol. The molecule has 0 aliphatic rings. The van der Waals surface area contributed by atoms with Crippen molar-refractivity contribution in [2.45, 2.75) is 6.61 Å². The topological polar surface area (TPSA) is 62.9 Å². The fourth-order valence-corrected chi connectivity index (χ4v) is 1.67. The smallest absolute Gasteiger partial charge is 0.124 e. The highest BCUT2D eigenvalue weighted by Gasteiger charge is 2.04. The average Bonchev–Trinajstić information content (AvgIpc) is 2.52. The predicted molar refractivity (Wildman–Crippen MR) is 81.3 cm³/mol. The molecule has 1 aromatic rings. The number of nitrogens with two attached hydrogens (primary N) is 1. The lowest BCUT2D eigenvalue weighted by atomic mass is 10.1. The standard InChI is InChI=1S/C16H23NO4/c1-18-8-9-20-10-11-21-13-15-12-14(4-3-7-17)5-6-16(15)19-2/h5-6,12H,7-11,13,17H2,1-2H3. The van der Waals surface area contributed by atoms with Crippen LogP contribution in [0, 0.1) is 11.8 Å². The summed E-state index contributed by atoms with van der Waals surface area (Å²) in [7, 11) is 3.28. The molecule has 0 fully saturated rings. The molecule has 0 unspecified atom stereocenters. The Morgan fingerprint density at radius 2 is 1.81 bits per heavy atom. The summed E-state index contributed by atoms with van der Waals surface area (Å²) in [4.78, 5) is 0. The highest BCUT2D eigenvalue weighted by molar-refractivity contribution is 5.44. The van der Waals surface area contributed by atoms with Crippen LogP contribution in [-0.2, 0) is 20.8 Å². The Morgan fingerprint density at radius 1 is 1.05 bits per heavy atom. The van der Waals surface area contributed by atoms with Crippen LogP contribution in [0.5, 0.6) is 5.75 Å². The molecule has 1 aromatic carbocycles. The third kappa shape index (κ3) is 7.11. The van der Waals surface area contributed by atoms with E-state index in [1.165, 1.54) is 0 Å². The zero-order valence-corrected chi connectivity index (χ0v) is 12.7. The summed E-state index contributed by atoms with van der Waals surface area (Å²) in [5.74, 6) is 6.61. The van der Waals surface area contributed by atoms with Gasteiger partial charge in [0.2, 0.25) is 0 Å². The van der Waals surface area contributed by atoms with E-state index in [1.807, 2.05) is 18.2 Å². The first-order valence-corrected chi connectivity index (χ1v) is 6.82. The number of methoxy groups -OCH3 is 2. The van der Waals surface area contributed by atoms with E-state index in [0.717, 1.165) is 16.9 Å². The van der Waals surface area contributed by atoms with Gasteiger partial charge in [-0.1, -0.05) is 11.8 Å². The maximum absolute atomic E-state index is 5.58. The third-order valence-corrected chi connectivity index (χ3v) is 2.68. The molecule has 5 nitrogen and oxygen atoms in total. The Balaban J connectivity index is 2.44. The van der Waals surface area contributed by atoms with Gasteiger partial charge in [-0.15, -0.1) is 0 Å². The van der Waals surface area contributed by atoms with E-state index in [-0.39, 0.29) is 0 Å². The molecule has 0 aliphatic carbocycles. The molecule has 0 amide bonds. The molecular formula is C16H23NO4. The molecule has 0 aromatic heterocycles. The molecule has 5 heteroatoms. The second kappa shape index (κ2) is 11.1. The molecule has 116 valence electrons. The summed E-state index contributed by atoms with van der Waals surface area (Å²) in [5.41, 5.74) is 7.23. The van der Waals surface area contributed by atoms with E-state index >= 15 is 0 Å². The largest absolute Gasteiger partial charge is 0.496 e. The van der Waals surface area contributed by atoms with Gasteiger partial charge in [0.05, 0.1) is 46.7 Å². The maximum atomic E-state index is 5.58. The van der Waals surface area contributed by atoms with E-state index in [2.05, 4.69) is 11.8 Å². The average molecular weight is 293 g/mol. The van der Waals surface area contributed by atoms with Gasteiger partial charge in [-0.2, -0.15) is 0 Å². The number of benzene rings is 1. The Kier molecular flexibility index (Phi) is 9.25. The second-order valence-corrected chi connectivity index (χ2v) is 4.19. The first-order valence-electron chi connectivity index (χ1n) is 6.82. The van der Waals surface area contributed by atoms with Crippen molar-refractivity contribution >= 4 is 0 Å². The first-order chi connectivity index (χ1) is 10.3. The van der Waals surface area contributed by atoms with Crippen LogP contribution >= 0.6 is 0 Å². The van der Waals surface area contributed by atoms with Gasteiger partial charge in [-0.05, 0) is 18.2 Å². The minimum atomic E-state index is 0.344. The number of hydrogen-bond acceptors (Lipinski definition) is 5. The van der Waals surface area contributed by atoms with Crippen LogP contribution in [0.4, 0.5) is 0 Å². The van der Waals surface area contributed by atoms with Crippen molar-refractivity contribution < 1.29 is 18.9 Å². The van der Waals surface area contributed by atoms with Crippen molar-refractivity contribution in [1.82, 2.24) is 0 Å². The summed E-state index contributed by atoms with van der Waals surface area (Å²) in [5, 5.41) is 0. The van der Waals surface area contributed by atoms with Crippen LogP contribution in [0.15, 0.2) is 18.2 Å². The van der Waals surface area contributed by atoms with E-state index in [4.69, 9.17) is 24.7 Å². The zero-order chi connectivity index (χ0) is 15.3. The van der Waals surface area contributed by atoms with Crippen LogP contribution in [0.3, 0.4) is 0 Å². The van der Waals surface area contributed by atoms with Crippen LogP contribution in [0.25, 0.3) is 0 Å². The summed E-state index contributed by atoms with van der Waals surface area (Å²) in [6, 6.07) is 5.74. The molecule has 0 saturated carbocycles. The SMILES string of the molecule is COCCOCCOCc1cc(C#CCN)ccc1OC. The second-order valence-electron chi connectivity index (χ2n) is 4.19. The summed E-state index contributed by atoms with van der Waals surface area (Å²) in [6.07, 6.45) is 0. The van der Waals surface area contributed by atoms with Crippen molar-refractivity contribution in [2.24, 2.45) is 5.73 Å². The van der Waals surface area contributed by atoms with Gasteiger partial charge in [0, 0.05) is 18.2 Å². The third-order valence-electron chi connectivity index (χ3n) is 2.68. The molecule has 0 atom stereocenters. The maximum Gasteiger partial charge on any atom is 0.124 e. The molecule has 0 spiro atoms. The van der Waals surface area contributed by atoms with Gasteiger partial charge in [-0.3, -0.25) is 0 Å². The van der Waals surface area contributed by atoms with E-state index in [0.29, 0.717) is 39.6 Å². The summed E-state index contributed by atoms with van der Waals surface area (Å²) < 4.78 is 21.1. The first kappa shape index (κ1) is 17.5. The Labute approximate surface area is 126 Å². The fraction of sp³-hybridized carbons (Fsp3) is 0.500. The van der Waals surface area contributed by atoms with Gasteiger partial charge in [-0.25, -0.2) is 0 Å². The van der Waals surface area contributed by atoms with Crippen molar-refractivity contribution in [1.29, 1.82) is 0 Å². The van der Waals surface area contributed by atoms with Crippen molar-refractivity contribution in [2.75, 3.05) is 47.2 Å². The molecule has 0 heterocycles. The summed E-state index contributed by atoms with van der Waals surface area (Å²) >= 11 is 0. The normalized spacial score (nSPS) is 10.0. The van der Waals surface area contributed by atoms with Crippen molar-refractivity contribution in [3.05, 3.63) is 29.3 Å². The highest BCUT2D eigenvalue weighted by atomic mass is 16.5. The van der Waals surface area contributed by atoms with Crippen molar-refractivity contribution in [3.8, 4) is 17.6 Å². The van der Waals surface area contributed by atoms with E-state index in [1.54, 1.807) is 14.2 Å². The molecule has 21 heavy (non-hydrogen) atoms. The Morgan fingerprint density at radius 3 is 2.52 bits per heavy atom. The van der Waals surface area contributed by atoms with Crippen LogP contribution in [-0.4, -0.2) is 47.2 Å². The molecule has 0 aliphatic heterocycles. The lowest BCUT2D eigenvalue weighted by Crippen LogP contribution is -2.08. The highest BCUT2D eigenvalue weighted by Crippen LogP contribution is 2.20. The number of rotatable bonds is 9. The molecule has 1 rings (SSSR count). The predicted octanol–water partition coefficient (Wildman–Crippen LogP) is 1.18. The quantitative estimate of drug-likeness (QED) is 0.547. The Bertz CT molecular complexity index is 465. The van der Waals surface area contributed by atoms with Gasteiger partial charge < -0.3 is 24.7 Å². The van der Waals surface area contributed by atoms with Gasteiger partial charge >= 0.3 is 0 Å². The molecule has 0 bridgehead atoms. The fourth-order valence-electron chi connectivity index (χ4n) is 1.67. The minimum absolute atomic E-state index is 0.344.